The van der Waals surface area contributed by atoms with E-state index in [4.69, 9.17) is 37.0 Å². The highest BCUT2D eigenvalue weighted by Crippen LogP contribution is 2.45. The molecule has 3 N–H and O–H groups in total. The van der Waals surface area contributed by atoms with Gasteiger partial charge in [0.05, 0.1) is 26.4 Å². The summed E-state index contributed by atoms with van der Waals surface area (Å²) >= 11 is 0. The Morgan fingerprint density at radius 1 is 0.274 bits per heavy atom. The SMILES string of the molecule is CC/C=C\C/C=C\C/C=C\CCCCCCCCCC(=O)OCC(COP(=O)(O)OCC(O)COP(=O)(O)OCC(COC(=O)CCCCCCCC/C=C\C/C=C\C/C=C\CCCCC)OC(=O)CCCCCCC/C=C\CCCCCC)OC(=O)CCCCCCCCC/C=C\C/C=C\C/C=C\CC. The summed E-state index contributed by atoms with van der Waals surface area (Å²) in [6.45, 7) is 4.61. The number of hydrogen-bond donors (Lipinski definition) is 3. The van der Waals surface area contributed by atoms with Gasteiger partial charge in [-0.1, -0.05) is 290 Å². The lowest BCUT2D eigenvalue weighted by Gasteiger charge is -2.21. The number of phosphoric acid groups is 2. The van der Waals surface area contributed by atoms with Crippen LogP contribution in [0.1, 0.15) is 349 Å². The second-order valence-electron chi connectivity index (χ2n) is 27.6. The molecule has 0 aliphatic carbocycles. The number of unbranched alkanes of at least 4 members (excludes halogenated alkanes) is 32. The van der Waals surface area contributed by atoms with Crippen LogP contribution in [0.3, 0.4) is 0 Å². The predicted octanol–water partition coefficient (Wildman–Crippen LogP) is 24.7. The molecule has 0 bridgehead atoms. The summed E-state index contributed by atoms with van der Waals surface area (Å²) in [7, 11) is -9.97. The molecule has 0 aromatic heterocycles. The quantitative estimate of drug-likeness (QED) is 0.0169. The number of phosphoric ester groups is 2. The summed E-state index contributed by atoms with van der Waals surface area (Å²) < 4.78 is 68.7. The first-order valence-corrected chi connectivity index (χ1v) is 44.8. The highest BCUT2D eigenvalue weighted by atomic mass is 31.2. The van der Waals surface area contributed by atoms with Crippen molar-refractivity contribution in [2.75, 3.05) is 39.6 Å². The monoisotopic (exact) mass is 1530 g/mol. The average molecular weight is 1530 g/mol. The van der Waals surface area contributed by atoms with E-state index < -0.39 is 97.5 Å². The molecule has 0 radical (unpaired) electrons. The first-order valence-electron chi connectivity index (χ1n) is 41.8. The van der Waals surface area contributed by atoms with Crippen LogP contribution < -0.4 is 0 Å². The van der Waals surface area contributed by atoms with Crippen LogP contribution in [0, 0.1) is 0 Å². The van der Waals surface area contributed by atoms with E-state index in [-0.39, 0.29) is 25.7 Å². The van der Waals surface area contributed by atoms with E-state index in [1.807, 2.05) is 0 Å². The van der Waals surface area contributed by atoms with Gasteiger partial charge in [0, 0.05) is 25.7 Å². The van der Waals surface area contributed by atoms with E-state index in [0.717, 1.165) is 225 Å². The van der Waals surface area contributed by atoms with Gasteiger partial charge in [0.25, 0.3) is 0 Å². The molecule has 610 valence electrons. The van der Waals surface area contributed by atoms with Crippen molar-refractivity contribution >= 4 is 39.5 Å². The van der Waals surface area contributed by atoms with Gasteiger partial charge in [0.1, 0.15) is 19.3 Å². The summed E-state index contributed by atoms with van der Waals surface area (Å²) in [5, 5.41) is 10.7. The van der Waals surface area contributed by atoms with Crippen LogP contribution in [0.2, 0.25) is 0 Å². The van der Waals surface area contributed by atoms with Gasteiger partial charge in [-0.05, 0) is 154 Å². The predicted molar refractivity (Wildman–Crippen MR) is 436 cm³/mol. The van der Waals surface area contributed by atoms with E-state index in [0.29, 0.717) is 25.7 Å². The molecule has 0 aromatic rings. The maximum absolute atomic E-state index is 13.1. The largest absolute Gasteiger partial charge is 0.472 e. The van der Waals surface area contributed by atoms with Crippen LogP contribution in [-0.2, 0) is 65.4 Å². The Morgan fingerprint density at radius 2 is 0.491 bits per heavy atom. The van der Waals surface area contributed by atoms with Gasteiger partial charge in [0.2, 0.25) is 0 Å². The lowest BCUT2D eigenvalue weighted by atomic mass is 10.1. The zero-order valence-electron chi connectivity index (χ0n) is 66.8. The number of esters is 4. The fourth-order valence-electron chi connectivity index (χ4n) is 11.1. The second-order valence-corrected chi connectivity index (χ2v) is 30.6. The van der Waals surface area contributed by atoms with Crippen LogP contribution >= 0.6 is 15.6 Å². The van der Waals surface area contributed by atoms with Crippen molar-refractivity contribution in [2.24, 2.45) is 0 Å². The van der Waals surface area contributed by atoms with Crippen LogP contribution in [0.15, 0.2) is 122 Å². The standard InChI is InChI=1S/C87H150O17P2/c1-5-9-13-17-21-25-29-33-36-39-40-43-45-49-52-56-60-64-68-72-85(90)97-77-82(103-86(91)73-69-65-61-57-53-47-32-28-24-20-16-12-8-4)79-101-105(93,94)99-75-81(88)76-100-106(95,96)102-80-83(104-87(92)74-70-66-62-58-54-50-46-42-38-35-31-27-23-19-15-11-7-3)78-98-84(89)71-67-63-59-55-51-48-44-41-37-34-30-26-22-18-14-10-6-2/h10-11,14-15,21-23,25-28,32-38,40,43,81-83,88H,5-9,12-13,16-20,24,29-31,39,41-42,44-80H2,1-4H3,(H,93,94)(H,95,96)/b14-10-,15-11-,25-21-,26-22-,27-23-,32-28-,36-33-,37-34-,38-35-,43-40-. The molecule has 0 aromatic carbocycles. The van der Waals surface area contributed by atoms with Gasteiger partial charge in [-0.25, -0.2) is 9.13 Å². The van der Waals surface area contributed by atoms with Crippen LogP contribution in [0.4, 0.5) is 0 Å². The zero-order valence-corrected chi connectivity index (χ0v) is 68.6. The van der Waals surface area contributed by atoms with E-state index in [1.165, 1.54) is 44.9 Å². The third-order valence-corrected chi connectivity index (χ3v) is 19.3. The summed E-state index contributed by atoms with van der Waals surface area (Å²) in [5.41, 5.74) is 0. The van der Waals surface area contributed by atoms with E-state index in [1.54, 1.807) is 0 Å². The van der Waals surface area contributed by atoms with Crippen molar-refractivity contribution in [1.29, 1.82) is 0 Å². The first-order chi connectivity index (χ1) is 51.7. The molecular formula is C87H150O17P2. The number of aliphatic hydroxyl groups is 1. The number of rotatable bonds is 78. The minimum Gasteiger partial charge on any atom is -0.462 e. The highest BCUT2D eigenvalue weighted by molar-refractivity contribution is 7.47. The number of aliphatic hydroxyl groups excluding tert-OH is 1. The minimum absolute atomic E-state index is 0.0795. The molecule has 0 fully saturated rings. The van der Waals surface area contributed by atoms with E-state index in [2.05, 4.69) is 149 Å². The Labute approximate surface area is 644 Å². The van der Waals surface area contributed by atoms with Crippen molar-refractivity contribution < 1.29 is 80.2 Å². The summed E-state index contributed by atoms with van der Waals surface area (Å²) in [5.74, 6) is -2.21. The van der Waals surface area contributed by atoms with Crippen molar-refractivity contribution in [1.82, 2.24) is 0 Å². The molecule has 5 atom stereocenters. The fourth-order valence-corrected chi connectivity index (χ4v) is 12.7. The number of carbonyl (C=O) groups is 4. The molecule has 0 aliphatic rings. The molecule has 0 amide bonds. The molecule has 0 spiro atoms. The van der Waals surface area contributed by atoms with Crippen molar-refractivity contribution in [3.63, 3.8) is 0 Å². The maximum Gasteiger partial charge on any atom is 0.472 e. The Bertz CT molecular complexity index is 2480. The van der Waals surface area contributed by atoms with Crippen LogP contribution in [0.5, 0.6) is 0 Å². The van der Waals surface area contributed by atoms with Crippen molar-refractivity contribution in [3.05, 3.63) is 122 Å². The number of allylic oxidation sites excluding steroid dienone is 20. The average Bonchev–Trinajstić information content (AvgIpc) is 0.902. The van der Waals surface area contributed by atoms with Gasteiger partial charge in [-0.2, -0.15) is 0 Å². The number of ether oxygens (including phenoxy) is 4. The summed E-state index contributed by atoms with van der Waals surface area (Å²) in [6, 6.07) is 0. The molecule has 106 heavy (non-hydrogen) atoms. The number of carbonyl (C=O) groups excluding carboxylic acids is 4. The molecule has 5 unspecified atom stereocenters. The molecule has 19 heteroatoms. The van der Waals surface area contributed by atoms with E-state index >= 15 is 0 Å². The summed E-state index contributed by atoms with van der Waals surface area (Å²) in [4.78, 5) is 73.2. The van der Waals surface area contributed by atoms with Crippen molar-refractivity contribution in [3.8, 4) is 0 Å². The topological polar surface area (TPSA) is 237 Å². The lowest BCUT2D eigenvalue weighted by molar-refractivity contribution is -0.161. The normalized spacial score (nSPS) is 14.4. The Balaban J connectivity index is 5.37. The minimum atomic E-state index is -4.99. The van der Waals surface area contributed by atoms with Gasteiger partial charge in [-0.3, -0.25) is 37.3 Å². The molecule has 0 heterocycles. The first kappa shape index (κ1) is 101. The number of hydrogen-bond acceptors (Lipinski definition) is 15. The highest BCUT2D eigenvalue weighted by Gasteiger charge is 2.30. The molecule has 0 aliphatic heterocycles. The molecule has 0 rings (SSSR count). The third-order valence-electron chi connectivity index (χ3n) is 17.4. The maximum atomic E-state index is 13.1. The fraction of sp³-hybridized carbons (Fsp3) is 0.724. The van der Waals surface area contributed by atoms with E-state index in [9.17, 15) is 43.2 Å². The Kier molecular flexibility index (Phi) is 75.2. The zero-order chi connectivity index (χ0) is 77.4. The molecule has 0 saturated carbocycles. The molecular weight excluding hydrogens is 1380 g/mol. The molecule has 0 saturated heterocycles. The Hall–Kier alpha value is -4.54. The molecule has 17 nitrogen and oxygen atoms in total. The van der Waals surface area contributed by atoms with Crippen LogP contribution in [-0.4, -0.2) is 96.7 Å². The van der Waals surface area contributed by atoms with Gasteiger partial charge in [-0.15, -0.1) is 0 Å². The van der Waals surface area contributed by atoms with Gasteiger partial charge >= 0.3 is 39.5 Å². The third kappa shape index (κ3) is 77.6. The van der Waals surface area contributed by atoms with Crippen LogP contribution in [0.25, 0.3) is 0 Å². The lowest BCUT2D eigenvalue weighted by Crippen LogP contribution is -2.30. The van der Waals surface area contributed by atoms with Gasteiger partial charge < -0.3 is 33.8 Å². The summed E-state index contributed by atoms with van der Waals surface area (Å²) in [6.07, 6.45) is 87.3. The van der Waals surface area contributed by atoms with Crippen molar-refractivity contribution in [2.45, 2.75) is 367 Å². The second kappa shape index (κ2) is 78.6. The van der Waals surface area contributed by atoms with Gasteiger partial charge in [0.15, 0.2) is 12.2 Å². The smallest absolute Gasteiger partial charge is 0.462 e. The Morgan fingerprint density at radius 3 is 0.783 bits per heavy atom.